The Morgan fingerprint density at radius 2 is 1.91 bits per heavy atom. The van der Waals surface area contributed by atoms with Gasteiger partial charge in [-0.15, -0.1) is 0 Å². The second kappa shape index (κ2) is 7.53. The minimum absolute atomic E-state index is 0.0706. The highest BCUT2D eigenvalue weighted by Crippen LogP contribution is 2.18. The number of carbonyl (C=O) groups is 1. The van der Waals surface area contributed by atoms with Crippen LogP contribution in [0.3, 0.4) is 0 Å². The third-order valence-corrected chi connectivity index (χ3v) is 3.90. The molecule has 0 saturated carbocycles. The molecular formula is C17H21ClN4O. The number of nitrogens with one attached hydrogen (secondary N) is 1. The van der Waals surface area contributed by atoms with E-state index in [1.165, 1.54) is 11.8 Å². The van der Waals surface area contributed by atoms with Gasteiger partial charge in [0.1, 0.15) is 11.5 Å². The number of benzene rings is 1. The second-order valence-electron chi connectivity index (χ2n) is 5.71. The summed E-state index contributed by atoms with van der Waals surface area (Å²) in [6.07, 6.45) is 1.45. The minimum atomic E-state index is -0.292. The lowest BCUT2D eigenvalue weighted by molar-refractivity contribution is 0.0936. The van der Waals surface area contributed by atoms with Crippen LogP contribution in [0.4, 0.5) is 0 Å². The van der Waals surface area contributed by atoms with Gasteiger partial charge in [-0.25, -0.2) is 9.97 Å². The molecule has 1 atom stereocenters. The van der Waals surface area contributed by atoms with Crippen LogP contribution in [0.5, 0.6) is 0 Å². The molecule has 1 heterocycles. The number of likely N-dealkylation sites (N-methyl/N-ethyl adjacent to an activating group) is 1. The number of carbonyl (C=O) groups excluding carboxylic acids is 1. The van der Waals surface area contributed by atoms with Crippen LogP contribution >= 0.6 is 11.6 Å². The zero-order valence-electron chi connectivity index (χ0n) is 13.8. The molecule has 1 aromatic heterocycles. The first-order valence-corrected chi connectivity index (χ1v) is 7.76. The zero-order valence-corrected chi connectivity index (χ0v) is 14.6. The van der Waals surface area contributed by atoms with Gasteiger partial charge in [-0.3, -0.25) is 4.79 Å². The lowest BCUT2D eigenvalue weighted by atomic mass is 10.0. The van der Waals surface area contributed by atoms with Gasteiger partial charge in [-0.05, 0) is 33.5 Å². The van der Waals surface area contributed by atoms with E-state index >= 15 is 0 Å². The lowest BCUT2D eigenvalue weighted by Crippen LogP contribution is -2.35. The number of aryl methyl sites for hydroxylation is 2. The number of hydrogen-bond acceptors (Lipinski definition) is 4. The van der Waals surface area contributed by atoms with Gasteiger partial charge in [0.15, 0.2) is 0 Å². The van der Waals surface area contributed by atoms with Gasteiger partial charge in [0.2, 0.25) is 0 Å². The highest BCUT2D eigenvalue weighted by Gasteiger charge is 2.18. The third kappa shape index (κ3) is 4.50. The van der Waals surface area contributed by atoms with Gasteiger partial charge in [-0.2, -0.15) is 0 Å². The molecular weight excluding hydrogens is 312 g/mol. The zero-order chi connectivity index (χ0) is 17.0. The molecule has 23 heavy (non-hydrogen) atoms. The first kappa shape index (κ1) is 17.4. The van der Waals surface area contributed by atoms with Gasteiger partial charge in [0.05, 0.1) is 17.3 Å². The molecule has 0 saturated heterocycles. The number of rotatable bonds is 5. The number of nitrogens with zero attached hydrogens (tertiary/aromatic N) is 3. The fourth-order valence-electron chi connectivity index (χ4n) is 2.27. The summed E-state index contributed by atoms with van der Waals surface area (Å²) < 4.78 is 0. The maximum atomic E-state index is 12.3. The molecule has 0 bridgehead atoms. The Balaban J connectivity index is 2.11. The first-order chi connectivity index (χ1) is 10.9. The monoisotopic (exact) mass is 332 g/mol. The van der Waals surface area contributed by atoms with Crippen LogP contribution in [-0.4, -0.2) is 41.4 Å². The minimum Gasteiger partial charge on any atom is -0.349 e. The number of aromatic nitrogens is 2. The quantitative estimate of drug-likeness (QED) is 0.914. The van der Waals surface area contributed by atoms with E-state index in [2.05, 4.69) is 51.4 Å². The molecule has 2 rings (SSSR count). The molecule has 1 amide bonds. The summed E-state index contributed by atoms with van der Waals surface area (Å²) in [6.45, 7) is 4.24. The largest absolute Gasteiger partial charge is 0.349 e. The molecule has 0 fully saturated rings. The SMILES string of the molecule is Cc1ccc(C(CNC(=O)c2nc(C)ncc2Cl)N(C)C)cc1. The topological polar surface area (TPSA) is 58.1 Å². The van der Waals surface area contributed by atoms with Crippen molar-refractivity contribution in [2.45, 2.75) is 19.9 Å². The number of amides is 1. The fraction of sp³-hybridized carbons (Fsp3) is 0.353. The van der Waals surface area contributed by atoms with Gasteiger partial charge in [0.25, 0.3) is 5.91 Å². The Hall–Kier alpha value is -1.98. The molecule has 1 N–H and O–H groups in total. The average molecular weight is 333 g/mol. The van der Waals surface area contributed by atoms with E-state index in [-0.39, 0.29) is 22.7 Å². The van der Waals surface area contributed by atoms with Crippen molar-refractivity contribution in [3.8, 4) is 0 Å². The summed E-state index contributed by atoms with van der Waals surface area (Å²) in [5.74, 6) is 0.224. The van der Waals surface area contributed by atoms with Crippen molar-refractivity contribution in [3.63, 3.8) is 0 Å². The van der Waals surface area contributed by atoms with E-state index in [1.807, 2.05) is 14.1 Å². The molecule has 2 aromatic rings. The predicted octanol–water partition coefficient (Wildman–Crippen LogP) is 2.78. The van der Waals surface area contributed by atoms with Crippen LogP contribution in [0.2, 0.25) is 5.02 Å². The van der Waals surface area contributed by atoms with Gasteiger partial charge >= 0.3 is 0 Å². The molecule has 0 aliphatic heterocycles. The van der Waals surface area contributed by atoms with E-state index in [9.17, 15) is 4.79 Å². The van der Waals surface area contributed by atoms with Crippen LogP contribution in [0.15, 0.2) is 30.5 Å². The lowest BCUT2D eigenvalue weighted by Gasteiger charge is -2.25. The van der Waals surface area contributed by atoms with Crippen LogP contribution in [0, 0.1) is 13.8 Å². The van der Waals surface area contributed by atoms with Crippen LogP contribution < -0.4 is 5.32 Å². The van der Waals surface area contributed by atoms with Crippen molar-refractivity contribution >= 4 is 17.5 Å². The Bertz CT molecular complexity index is 685. The second-order valence-corrected chi connectivity index (χ2v) is 6.12. The van der Waals surface area contributed by atoms with Gasteiger partial charge in [-0.1, -0.05) is 41.4 Å². The predicted molar refractivity (Wildman–Crippen MR) is 91.7 cm³/mol. The Labute approximate surface area is 141 Å². The molecule has 0 radical (unpaired) electrons. The molecule has 5 nitrogen and oxygen atoms in total. The van der Waals surface area contributed by atoms with Crippen molar-refractivity contribution in [1.29, 1.82) is 0 Å². The Morgan fingerprint density at radius 1 is 1.26 bits per heavy atom. The van der Waals surface area contributed by atoms with E-state index in [0.29, 0.717) is 12.4 Å². The normalized spacial score (nSPS) is 12.3. The van der Waals surface area contributed by atoms with Crippen LogP contribution in [0.25, 0.3) is 0 Å². The van der Waals surface area contributed by atoms with Crippen LogP contribution in [-0.2, 0) is 0 Å². The molecule has 0 aliphatic carbocycles. The Morgan fingerprint density at radius 3 is 2.52 bits per heavy atom. The summed E-state index contributed by atoms with van der Waals surface area (Å²) in [7, 11) is 3.97. The summed E-state index contributed by atoms with van der Waals surface area (Å²) in [4.78, 5) is 22.5. The average Bonchev–Trinajstić information content (AvgIpc) is 2.51. The van der Waals surface area contributed by atoms with Crippen molar-refractivity contribution in [3.05, 3.63) is 58.1 Å². The smallest absolute Gasteiger partial charge is 0.271 e. The highest BCUT2D eigenvalue weighted by molar-refractivity contribution is 6.33. The van der Waals surface area contributed by atoms with Crippen LogP contribution in [0.1, 0.15) is 33.5 Å². The number of hydrogen-bond donors (Lipinski definition) is 1. The Kier molecular flexibility index (Phi) is 5.69. The van der Waals surface area contributed by atoms with Crippen molar-refractivity contribution in [1.82, 2.24) is 20.2 Å². The molecule has 122 valence electrons. The van der Waals surface area contributed by atoms with Gasteiger partial charge in [0, 0.05) is 6.54 Å². The van der Waals surface area contributed by atoms with E-state index < -0.39 is 0 Å². The molecule has 6 heteroatoms. The van der Waals surface area contributed by atoms with Gasteiger partial charge < -0.3 is 10.2 Å². The highest BCUT2D eigenvalue weighted by atomic mass is 35.5. The molecule has 0 aliphatic rings. The van der Waals surface area contributed by atoms with E-state index in [0.717, 1.165) is 5.56 Å². The van der Waals surface area contributed by atoms with Crippen molar-refractivity contribution in [2.24, 2.45) is 0 Å². The van der Waals surface area contributed by atoms with Crippen molar-refractivity contribution in [2.75, 3.05) is 20.6 Å². The summed E-state index contributed by atoms with van der Waals surface area (Å²) in [5, 5.41) is 3.16. The molecule has 1 aromatic carbocycles. The first-order valence-electron chi connectivity index (χ1n) is 7.39. The standard InChI is InChI=1S/C17H21ClN4O/c1-11-5-7-13(8-6-11)15(22(3)4)10-20-17(23)16-14(18)9-19-12(2)21-16/h5-9,15H,10H2,1-4H3,(H,20,23). The maximum absolute atomic E-state index is 12.3. The summed E-state index contributed by atoms with van der Waals surface area (Å²) >= 11 is 6.01. The van der Waals surface area contributed by atoms with Crippen molar-refractivity contribution < 1.29 is 4.79 Å². The number of halogens is 1. The summed E-state index contributed by atoms with van der Waals surface area (Å²) in [5.41, 5.74) is 2.56. The van der Waals surface area contributed by atoms with E-state index in [1.54, 1.807) is 6.92 Å². The summed E-state index contributed by atoms with van der Waals surface area (Å²) in [6, 6.07) is 8.36. The molecule has 1 unspecified atom stereocenters. The third-order valence-electron chi connectivity index (χ3n) is 3.62. The fourth-order valence-corrected chi connectivity index (χ4v) is 2.45. The molecule has 0 spiro atoms. The maximum Gasteiger partial charge on any atom is 0.271 e. The van der Waals surface area contributed by atoms with E-state index in [4.69, 9.17) is 11.6 Å².